The quantitative estimate of drug-likeness (QED) is 0.0173. The molecule has 15 N–H and O–H groups in total. The molecule has 30 heteroatoms. The second kappa shape index (κ2) is 22.1. The van der Waals surface area contributed by atoms with Gasteiger partial charge >= 0.3 is 18.0 Å². The van der Waals surface area contributed by atoms with Gasteiger partial charge < -0.3 is 77.1 Å². The van der Waals surface area contributed by atoms with E-state index in [9.17, 15) is 69.9 Å². The van der Waals surface area contributed by atoms with E-state index in [2.05, 4.69) is 30.1 Å². The van der Waals surface area contributed by atoms with E-state index in [0.29, 0.717) is 5.57 Å². The fraction of sp³-hybridized carbons (Fsp3) is 0.622. The number of carbonyl (C=O) groups excluding carboxylic acids is 3. The Morgan fingerprint density at radius 3 is 2.46 bits per heavy atom. The predicted octanol–water partition coefficient (Wildman–Crippen LogP) is -4.83. The molecule has 5 rings (SSSR count). The number of nitrogens with one attached hydrogen (secondary N) is 2. The summed E-state index contributed by atoms with van der Waals surface area (Å²) in [6.07, 6.45) is -11.1. The summed E-state index contributed by atoms with van der Waals surface area (Å²) in [6, 6.07) is -0.740. The summed E-state index contributed by atoms with van der Waals surface area (Å²) in [5.41, 5.74) is 9.74. The highest BCUT2D eigenvalue weighted by atomic mass is 32.2. The molecule has 67 heavy (non-hydrogen) atoms. The molecule has 0 radical (unpaired) electrons. The first-order chi connectivity index (χ1) is 31.5. The molecule has 2 aromatic rings. The number of oxime groups is 1. The van der Waals surface area contributed by atoms with Gasteiger partial charge in [-0.15, -0.1) is 21.1 Å². The van der Waals surface area contributed by atoms with Crippen molar-refractivity contribution in [2.75, 3.05) is 48.8 Å². The van der Waals surface area contributed by atoms with Gasteiger partial charge in [0.1, 0.15) is 36.2 Å². The fourth-order valence-corrected chi connectivity index (χ4v) is 8.79. The lowest BCUT2D eigenvalue weighted by molar-refractivity contribution is -0.765. The van der Waals surface area contributed by atoms with Gasteiger partial charge in [0, 0.05) is 48.0 Å². The number of fused-ring (bicyclic) bond motifs is 1. The average molecular weight is 989 g/mol. The summed E-state index contributed by atoms with van der Waals surface area (Å²) < 4.78 is 17.8. The zero-order chi connectivity index (χ0) is 49.7. The third-order valence-corrected chi connectivity index (χ3v) is 13.0. The summed E-state index contributed by atoms with van der Waals surface area (Å²) in [7, 11) is 1.55. The largest absolute Gasteiger partial charge is 0.478 e. The van der Waals surface area contributed by atoms with Gasteiger partial charge in [0.25, 0.3) is 0 Å². The Balaban J connectivity index is 1.17. The van der Waals surface area contributed by atoms with Gasteiger partial charge in [0.05, 0.1) is 50.3 Å². The van der Waals surface area contributed by atoms with Crippen LogP contribution in [0.2, 0.25) is 0 Å². The minimum absolute atomic E-state index is 0.0154. The van der Waals surface area contributed by atoms with Crippen LogP contribution in [-0.2, 0) is 47.1 Å². The standard InChI is InChI=1S/C37H53N11O17S2/c1-14-21(12-50)63-33(26(56)24(14)54)64-27(20(53)11-49)25(55)19(52)8-40-5-6-41-36(62)42-17-10-47(46(4)28(17)38)9-15-13-66-31-16(30(57)48(31)23(15)32(58)59)7-18(51)22(29-43-35(39)67-45-29)44-65-37(2,3)34(60)61/h8,10,14,16,19-21,24-27,31,33,38,49-50,52-56H,5-7,9,11-13H2,1-4H3,(H6,39,41,42,43,45,58,59,60,61,62)/p+1/b40-8?,44-22+/t14?,16-,19?,20?,21?,24?,25?,26?,27?,31-,33?/m1/s1. The van der Waals surface area contributed by atoms with Crippen molar-refractivity contribution in [1.29, 1.82) is 0 Å². The smallest absolute Gasteiger partial charge is 0.352 e. The Kier molecular flexibility index (Phi) is 17.4. The number of Topliss-reactive ketones (excluding diaryl/α,β-unsaturated/α-hetero) is 1. The van der Waals surface area contributed by atoms with E-state index in [1.165, 1.54) is 48.1 Å². The number of nitrogens with two attached hydrogens (primary N) is 2. The lowest BCUT2D eigenvalue weighted by atomic mass is 9.89. The van der Waals surface area contributed by atoms with E-state index in [1.807, 2.05) is 0 Å². The number of rotatable bonds is 22. The number of ketones is 1. The fourth-order valence-electron chi connectivity index (χ4n) is 6.95. The molecular formula is C37H54N11O17S2+. The highest BCUT2D eigenvalue weighted by Crippen LogP contribution is 2.45. The predicted molar refractivity (Wildman–Crippen MR) is 232 cm³/mol. The second-order valence-electron chi connectivity index (χ2n) is 16.1. The monoisotopic (exact) mass is 988 g/mol. The van der Waals surface area contributed by atoms with Crippen molar-refractivity contribution >= 4 is 81.5 Å². The van der Waals surface area contributed by atoms with Crippen LogP contribution in [0.4, 0.5) is 21.4 Å². The maximum atomic E-state index is 13.5. The Morgan fingerprint density at radius 2 is 1.85 bits per heavy atom. The number of nitrogens with zero attached hydrogens (tertiary/aromatic N) is 7. The first kappa shape index (κ1) is 52.6. The number of nitrogen functional groups attached to an aromatic ring is 2. The summed E-state index contributed by atoms with van der Waals surface area (Å²) in [4.78, 5) is 78.1. The van der Waals surface area contributed by atoms with E-state index in [0.717, 1.165) is 22.6 Å². The number of carboxylic acid groups (broad SMARTS) is 2. The van der Waals surface area contributed by atoms with Gasteiger partial charge in [-0.3, -0.25) is 24.8 Å². The number of carboxylic acids is 2. The third-order valence-electron chi connectivity index (χ3n) is 11.0. The molecule has 2 aromatic heterocycles. The van der Waals surface area contributed by atoms with Crippen molar-refractivity contribution in [2.24, 2.45) is 29.0 Å². The SMILES string of the molecule is CC1C(CO)OC(OC(C(O)CO)C(O)C(O)C=NCCNC(=O)Nc2c[n+](CC3=C(C(=O)O)N4C(=O)[C@@H](CC(=O)/C(=N\OC(C)(C)C(=O)O)c5nsc(N)n5)[C@H]4SC3)n(C)c2N)C(O)C1O. The number of ether oxygens (including phenoxy) is 2. The number of hydrogen-bond acceptors (Lipinski definition) is 23. The van der Waals surface area contributed by atoms with E-state index in [-0.39, 0.29) is 53.5 Å². The molecule has 3 aliphatic rings. The van der Waals surface area contributed by atoms with Gasteiger partial charge in [-0.05, 0) is 13.8 Å². The molecular weight excluding hydrogens is 935 g/mol. The van der Waals surface area contributed by atoms with Crippen LogP contribution in [0.5, 0.6) is 0 Å². The van der Waals surface area contributed by atoms with Crippen LogP contribution in [0, 0.1) is 11.8 Å². The highest BCUT2D eigenvalue weighted by molar-refractivity contribution is 8.00. The maximum Gasteiger partial charge on any atom is 0.352 e. The summed E-state index contributed by atoms with van der Waals surface area (Å²) in [5.74, 6) is -5.98. The number of aliphatic hydroxyl groups excluding tert-OH is 7. The molecule has 0 spiro atoms. The Bertz CT molecular complexity index is 2250. The van der Waals surface area contributed by atoms with Gasteiger partial charge in [0.2, 0.25) is 23.5 Å². The summed E-state index contributed by atoms with van der Waals surface area (Å²) in [6.45, 7) is 2.10. The Labute approximate surface area is 388 Å². The van der Waals surface area contributed by atoms with Crippen LogP contribution in [0.25, 0.3) is 0 Å². The highest BCUT2D eigenvalue weighted by Gasteiger charge is 2.55. The van der Waals surface area contributed by atoms with Crippen molar-refractivity contribution in [3.05, 3.63) is 23.3 Å². The van der Waals surface area contributed by atoms with Crippen molar-refractivity contribution in [1.82, 2.24) is 24.3 Å². The van der Waals surface area contributed by atoms with Crippen LogP contribution in [0.3, 0.4) is 0 Å². The van der Waals surface area contributed by atoms with Crippen LogP contribution in [-0.4, -0.2) is 199 Å². The molecule has 0 saturated carbocycles. The van der Waals surface area contributed by atoms with E-state index >= 15 is 0 Å². The number of aromatic nitrogens is 4. The van der Waals surface area contributed by atoms with Crippen LogP contribution in [0.1, 0.15) is 33.0 Å². The Hall–Kier alpha value is -5.41. The summed E-state index contributed by atoms with van der Waals surface area (Å²) >= 11 is 1.95. The van der Waals surface area contributed by atoms with Gasteiger partial charge in [-0.2, -0.15) is 9.36 Å². The zero-order valence-electron chi connectivity index (χ0n) is 36.3. The van der Waals surface area contributed by atoms with Crippen LogP contribution < -0.4 is 26.8 Å². The molecule has 3 amide bonds. The topological polar surface area (TPSA) is 434 Å². The number of anilines is 3. The summed E-state index contributed by atoms with van der Waals surface area (Å²) in [5, 5.41) is 99.2. The number of urea groups is 1. The number of β-lactam (4-membered cyclic amide) rings is 1. The van der Waals surface area contributed by atoms with Crippen molar-refractivity contribution in [3.8, 4) is 0 Å². The van der Waals surface area contributed by atoms with Gasteiger partial charge in [-0.25, -0.2) is 14.4 Å². The first-order valence-electron chi connectivity index (χ1n) is 20.4. The van der Waals surface area contributed by atoms with E-state index in [4.69, 9.17) is 25.8 Å². The average Bonchev–Trinajstić information content (AvgIpc) is 3.83. The third kappa shape index (κ3) is 11.8. The minimum atomic E-state index is -1.94. The molecule has 11 atom stereocenters. The first-order valence-corrected chi connectivity index (χ1v) is 22.2. The lowest BCUT2D eigenvalue weighted by Crippen LogP contribution is -2.62. The number of carbonyl (C=O) groups is 5. The molecule has 0 bridgehead atoms. The van der Waals surface area contributed by atoms with Crippen molar-refractivity contribution in [3.63, 3.8) is 0 Å². The number of amides is 3. The molecule has 370 valence electrons. The van der Waals surface area contributed by atoms with Crippen molar-refractivity contribution < 1.29 is 88.9 Å². The molecule has 9 unspecified atom stereocenters. The molecule has 28 nitrogen and oxygen atoms in total. The zero-order valence-corrected chi connectivity index (χ0v) is 38.0. The molecule has 0 aromatic carbocycles. The molecule has 3 aliphatic heterocycles. The molecule has 0 aliphatic carbocycles. The lowest BCUT2D eigenvalue weighted by Gasteiger charge is -2.49. The van der Waals surface area contributed by atoms with Gasteiger partial charge in [-0.1, -0.05) is 12.1 Å². The number of thioether (sulfide) groups is 1. The van der Waals surface area contributed by atoms with Gasteiger partial charge in [0.15, 0.2) is 41.0 Å². The number of aliphatic carboxylic acids is 2. The number of aliphatic imine (C=N–C) groups is 1. The van der Waals surface area contributed by atoms with Crippen molar-refractivity contribution in [2.45, 2.75) is 93.7 Å². The molecule has 2 fully saturated rings. The van der Waals surface area contributed by atoms with E-state index in [1.54, 1.807) is 7.05 Å². The number of hydrogen-bond donors (Lipinski definition) is 13. The number of aliphatic hydroxyl groups is 7. The minimum Gasteiger partial charge on any atom is -0.478 e. The molecule has 5 heterocycles. The van der Waals surface area contributed by atoms with E-state index < -0.39 is 127 Å². The Morgan fingerprint density at radius 1 is 1.15 bits per heavy atom. The maximum absolute atomic E-state index is 13.5. The van der Waals surface area contributed by atoms with Crippen LogP contribution >= 0.6 is 23.3 Å². The normalized spacial score (nSPS) is 25.2. The van der Waals surface area contributed by atoms with Crippen LogP contribution in [0.15, 0.2) is 27.6 Å². The molecule has 2 saturated heterocycles. The second-order valence-corrected chi connectivity index (χ2v) is 18.0.